The lowest BCUT2D eigenvalue weighted by Crippen LogP contribution is -2.35. The van der Waals surface area contributed by atoms with Crippen LogP contribution in [0, 0.1) is 6.92 Å². The summed E-state index contributed by atoms with van der Waals surface area (Å²) in [5.74, 6) is 0.287. The molecule has 4 rings (SSSR count). The molecule has 0 aliphatic carbocycles. The third-order valence-electron chi connectivity index (χ3n) is 6.96. The second kappa shape index (κ2) is 13.1. The van der Waals surface area contributed by atoms with Crippen molar-refractivity contribution in [2.75, 3.05) is 38.6 Å². The number of hydrogen-bond acceptors (Lipinski definition) is 7. The Hall–Kier alpha value is -3.66. The van der Waals surface area contributed by atoms with Crippen molar-refractivity contribution in [2.45, 2.75) is 71.4 Å². The van der Waals surface area contributed by atoms with Gasteiger partial charge < -0.3 is 25.0 Å². The number of carbonyl (C=O) groups is 2. The van der Waals surface area contributed by atoms with E-state index in [0.29, 0.717) is 29.7 Å². The topological polar surface area (TPSA) is 111 Å². The van der Waals surface area contributed by atoms with Crippen LogP contribution in [-0.4, -0.2) is 70.6 Å². The Balaban J connectivity index is 1.25. The molecule has 1 fully saturated rings. The predicted octanol–water partition coefficient (Wildman–Crippen LogP) is 5.33. The minimum absolute atomic E-state index is 0.277. The minimum Gasteiger partial charge on any atom is -0.494 e. The monoisotopic (exact) mass is 550 g/mol. The van der Waals surface area contributed by atoms with E-state index in [1.165, 1.54) is 0 Å². The number of nitrogens with one attached hydrogen (secondary N) is 2. The number of unbranched alkanes of at least 4 members (excludes halogenated alkanes) is 2. The number of aryl methyl sites for hydroxylation is 1. The Kier molecular flexibility index (Phi) is 9.63. The van der Waals surface area contributed by atoms with Gasteiger partial charge in [-0.1, -0.05) is 12.5 Å². The minimum atomic E-state index is -0.466. The van der Waals surface area contributed by atoms with Crippen molar-refractivity contribution in [2.24, 2.45) is 0 Å². The average Bonchev–Trinajstić information content (AvgIpc) is 3.32. The number of anilines is 1. The molecule has 1 aliphatic heterocycles. The number of rotatable bonds is 10. The SMILES string of the molecule is COc1cc2nn(C3CCN(CCCCCNC(=O)OC(C)(C)C)CC3)cc2cc1NC(=O)c1cccc(C)n1. The number of carbonyl (C=O) groups excluding carboxylic acids is 2. The smallest absolute Gasteiger partial charge is 0.407 e. The highest BCUT2D eigenvalue weighted by atomic mass is 16.6. The van der Waals surface area contributed by atoms with E-state index in [4.69, 9.17) is 14.6 Å². The molecule has 1 saturated heterocycles. The number of hydrogen-bond donors (Lipinski definition) is 2. The number of methoxy groups -OCH3 is 1. The van der Waals surface area contributed by atoms with Gasteiger partial charge in [0.1, 0.15) is 17.0 Å². The van der Waals surface area contributed by atoms with Crippen LogP contribution < -0.4 is 15.4 Å². The molecule has 2 N–H and O–H groups in total. The molecule has 1 aliphatic rings. The van der Waals surface area contributed by atoms with Crippen molar-refractivity contribution in [3.63, 3.8) is 0 Å². The molecule has 40 heavy (non-hydrogen) atoms. The number of ether oxygens (including phenoxy) is 2. The van der Waals surface area contributed by atoms with E-state index in [0.717, 1.165) is 68.3 Å². The van der Waals surface area contributed by atoms with Crippen molar-refractivity contribution in [3.8, 4) is 5.75 Å². The number of alkyl carbamates (subject to hydrolysis) is 1. The van der Waals surface area contributed by atoms with E-state index in [-0.39, 0.29) is 12.0 Å². The van der Waals surface area contributed by atoms with Gasteiger partial charge in [-0.2, -0.15) is 5.10 Å². The van der Waals surface area contributed by atoms with Crippen LogP contribution in [0.1, 0.15) is 75.1 Å². The molecule has 216 valence electrons. The average molecular weight is 551 g/mol. The van der Waals surface area contributed by atoms with Gasteiger partial charge in [0.25, 0.3) is 5.91 Å². The van der Waals surface area contributed by atoms with Gasteiger partial charge in [-0.15, -0.1) is 0 Å². The van der Waals surface area contributed by atoms with E-state index < -0.39 is 5.60 Å². The van der Waals surface area contributed by atoms with E-state index in [2.05, 4.69) is 31.4 Å². The standard InChI is InChI=1S/C30H42N6O4/c1-21-10-9-11-24(32-21)28(37)33-26-18-22-20-36(34-25(22)19-27(26)39-5)23-12-16-35(17-13-23)15-8-6-7-14-31-29(38)40-30(2,3)4/h9-11,18-20,23H,6-8,12-17H2,1-5H3,(H,31,38)(H,33,37). The Labute approximate surface area is 236 Å². The molecular weight excluding hydrogens is 508 g/mol. The van der Waals surface area contributed by atoms with Crippen LogP contribution in [0.4, 0.5) is 10.5 Å². The zero-order chi connectivity index (χ0) is 28.7. The van der Waals surface area contributed by atoms with Gasteiger partial charge in [0.15, 0.2) is 0 Å². The third kappa shape index (κ3) is 8.17. The zero-order valence-electron chi connectivity index (χ0n) is 24.3. The van der Waals surface area contributed by atoms with Crippen molar-refractivity contribution in [1.29, 1.82) is 0 Å². The number of fused-ring (bicyclic) bond motifs is 1. The summed E-state index contributed by atoms with van der Waals surface area (Å²) in [5, 5.41) is 11.6. The molecule has 2 aromatic heterocycles. The van der Waals surface area contributed by atoms with Crippen LogP contribution in [0.15, 0.2) is 36.5 Å². The molecule has 10 nitrogen and oxygen atoms in total. The maximum atomic E-state index is 12.8. The van der Waals surface area contributed by atoms with Gasteiger partial charge in [0.2, 0.25) is 0 Å². The van der Waals surface area contributed by atoms with Crippen molar-refractivity contribution >= 4 is 28.6 Å². The highest BCUT2D eigenvalue weighted by Crippen LogP contribution is 2.32. The largest absolute Gasteiger partial charge is 0.494 e. The molecule has 0 unspecified atom stereocenters. The van der Waals surface area contributed by atoms with Crippen molar-refractivity contribution < 1.29 is 19.1 Å². The summed E-state index contributed by atoms with van der Waals surface area (Å²) < 4.78 is 12.9. The summed E-state index contributed by atoms with van der Waals surface area (Å²) in [6.07, 6.45) is 6.91. The van der Waals surface area contributed by atoms with Crippen LogP contribution in [-0.2, 0) is 4.74 Å². The molecule has 3 aromatic rings. The van der Waals surface area contributed by atoms with Gasteiger partial charge in [0.05, 0.1) is 24.4 Å². The predicted molar refractivity (Wildman–Crippen MR) is 156 cm³/mol. The lowest BCUT2D eigenvalue weighted by atomic mass is 10.0. The van der Waals surface area contributed by atoms with E-state index in [9.17, 15) is 9.59 Å². The summed E-state index contributed by atoms with van der Waals surface area (Å²) in [4.78, 5) is 31.3. The maximum Gasteiger partial charge on any atom is 0.407 e. The molecule has 3 heterocycles. The second-order valence-electron chi connectivity index (χ2n) is 11.4. The number of aromatic nitrogens is 3. The Morgan fingerprint density at radius 2 is 1.88 bits per heavy atom. The highest BCUT2D eigenvalue weighted by Gasteiger charge is 2.22. The van der Waals surface area contributed by atoms with E-state index in [1.807, 2.05) is 52.0 Å². The van der Waals surface area contributed by atoms with Gasteiger partial charge in [-0.3, -0.25) is 9.48 Å². The van der Waals surface area contributed by atoms with Gasteiger partial charge >= 0.3 is 6.09 Å². The van der Waals surface area contributed by atoms with Gasteiger partial charge in [0, 0.05) is 43.0 Å². The van der Waals surface area contributed by atoms with Crippen LogP contribution in [0.5, 0.6) is 5.75 Å². The summed E-state index contributed by atoms with van der Waals surface area (Å²) in [5.41, 5.74) is 2.12. The Morgan fingerprint density at radius 3 is 2.58 bits per heavy atom. The highest BCUT2D eigenvalue weighted by molar-refractivity contribution is 6.05. The number of nitrogens with zero attached hydrogens (tertiary/aromatic N) is 4. The Bertz CT molecular complexity index is 1310. The lowest BCUT2D eigenvalue weighted by molar-refractivity contribution is 0.0526. The fourth-order valence-electron chi connectivity index (χ4n) is 4.93. The first-order chi connectivity index (χ1) is 19.1. The molecule has 0 bridgehead atoms. The van der Waals surface area contributed by atoms with Crippen molar-refractivity contribution in [3.05, 3.63) is 47.9 Å². The molecule has 2 amide bonds. The van der Waals surface area contributed by atoms with Gasteiger partial charge in [-0.25, -0.2) is 9.78 Å². The third-order valence-corrected chi connectivity index (χ3v) is 6.96. The van der Waals surface area contributed by atoms with Crippen LogP contribution in [0.25, 0.3) is 10.9 Å². The fraction of sp³-hybridized carbons (Fsp3) is 0.533. The maximum absolute atomic E-state index is 12.8. The Morgan fingerprint density at radius 1 is 1.10 bits per heavy atom. The first-order valence-corrected chi connectivity index (χ1v) is 14.1. The molecule has 0 saturated carbocycles. The molecule has 0 spiro atoms. The van der Waals surface area contributed by atoms with Crippen LogP contribution >= 0.6 is 0 Å². The molecule has 10 heteroatoms. The second-order valence-corrected chi connectivity index (χ2v) is 11.4. The summed E-state index contributed by atoms with van der Waals surface area (Å²) >= 11 is 0. The lowest BCUT2D eigenvalue weighted by Gasteiger charge is -2.32. The summed E-state index contributed by atoms with van der Waals surface area (Å²) in [7, 11) is 1.59. The quantitative estimate of drug-likeness (QED) is 0.328. The number of amides is 2. The van der Waals surface area contributed by atoms with Crippen molar-refractivity contribution in [1.82, 2.24) is 25.0 Å². The first-order valence-electron chi connectivity index (χ1n) is 14.1. The summed E-state index contributed by atoms with van der Waals surface area (Å²) in [6.45, 7) is 11.2. The molecule has 0 atom stereocenters. The number of likely N-dealkylation sites (tertiary alicyclic amines) is 1. The van der Waals surface area contributed by atoms with Crippen LogP contribution in [0.3, 0.4) is 0 Å². The number of benzene rings is 1. The van der Waals surface area contributed by atoms with Crippen LogP contribution in [0.2, 0.25) is 0 Å². The number of piperidine rings is 1. The first kappa shape index (κ1) is 29.3. The fourth-order valence-corrected chi connectivity index (χ4v) is 4.93. The molecule has 1 aromatic carbocycles. The normalized spacial score (nSPS) is 14.7. The zero-order valence-corrected chi connectivity index (χ0v) is 24.3. The molecule has 0 radical (unpaired) electrons. The number of pyridine rings is 1. The van der Waals surface area contributed by atoms with E-state index in [1.54, 1.807) is 13.2 Å². The molecular formula is C30H42N6O4. The van der Waals surface area contributed by atoms with Gasteiger partial charge in [-0.05, 0) is 78.1 Å². The van der Waals surface area contributed by atoms with E-state index >= 15 is 0 Å². The summed E-state index contributed by atoms with van der Waals surface area (Å²) in [6, 6.07) is 9.50.